The molecule has 0 amide bonds. The van der Waals surface area contributed by atoms with Crippen molar-refractivity contribution >= 4 is 33.4 Å². The van der Waals surface area contributed by atoms with E-state index in [2.05, 4.69) is 28.1 Å². The normalized spacial score (nSPS) is 11.2. The van der Waals surface area contributed by atoms with Gasteiger partial charge in [-0.05, 0) is 24.3 Å². The molecule has 0 aliphatic rings. The number of nitrogen functional groups attached to an aromatic ring is 1. The number of hydrogen-bond acceptors (Lipinski definition) is 4. The molecule has 4 nitrogen and oxygen atoms in total. The molecule has 0 fully saturated rings. The molecule has 2 aromatic carbocycles. The summed E-state index contributed by atoms with van der Waals surface area (Å²) < 4.78 is 5.63. The Morgan fingerprint density at radius 1 is 1.00 bits per heavy atom. The SMILES string of the molecule is CN(C)c1ccc2cc(-c3coc4ccccc34)c(N)nc2c1. The van der Waals surface area contributed by atoms with E-state index in [0.717, 1.165) is 38.7 Å². The molecule has 0 atom stereocenters. The Morgan fingerprint density at radius 3 is 2.65 bits per heavy atom. The summed E-state index contributed by atoms with van der Waals surface area (Å²) in [4.78, 5) is 6.64. The van der Waals surface area contributed by atoms with Crippen LogP contribution in [0.3, 0.4) is 0 Å². The van der Waals surface area contributed by atoms with Gasteiger partial charge in [0.15, 0.2) is 0 Å². The van der Waals surface area contributed by atoms with Gasteiger partial charge in [0.1, 0.15) is 11.4 Å². The van der Waals surface area contributed by atoms with Crippen LogP contribution in [0, 0.1) is 0 Å². The molecule has 0 aliphatic heterocycles. The zero-order chi connectivity index (χ0) is 16.0. The van der Waals surface area contributed by atoms with Gasteiger partial charge in [-0.3, -0.25) is 0 Å². The first-order valence-corrected chi connectivity index (χ1v) is 7.48. The lowest BCUT2D eigenvalue weighted by atomic mass is 10.0. The molecule has 2 heterocycles. The van der Waals surface area contributed by atoms with Crippen molar-refractivity contribution in [2.75, 3.05) is 24.7 Å². The van der Waals surface area contributed by atoms with Crippen LogP contribution in [0.5, 0.6) is 0 Å². The Hall–Kier alpha value is -3.01. The first-order chi connectivity index (χ1) is 11.1. The highest BCUT2D eigenvalue weighted by Gasteiger charge is 2.13. The number of nitrogens with zero attached hydrogens (tertiary/aromatic N) is 2. The number of furan rings is 1. The predicted molar refractivity (Wildman–Crippen MR) is 95.7 cm³/mol. The van der Waals surface area contributed by atoms with Gasteiger partial charge in [-0.1, -0.05) is 24.3 Å². The summed E-state index contributed by atoms with van der Waals surface area (Å²) in [6, 6.07) is 16.2. The van der Waals surface area contributed by atoms with Gasteiger partial charge >= 0.3 is 0 Å². The molecule has 23 heavy (non-hydrogen) atoms. The molecule has 0 saturated carbocycles. The van der Waals surface area contributed by atoms with Crippen LogP contribution in [0.4, 0.5) is 11.5 Å². The van der Waals surface area contributed by atoms with Gasteiger partial charge < -0.3 is 15.1 Å². The highest BCUT2D eigenvalue weighted by atomic mass is 16.3. The molecule has 0 saturated heterocycles. The zero-order valence-corrected chi connectivity index (χ0v) is 13.1. The summed E-state index contributed by atoms with van der Waals surface area (Å²) in [6.45, 7) is 0. The summed E-state index contributed by atoms with van der Waals surface area (Å²) in [6.07, 6.45) is 1.75. The Balaban J connectivity index is 1.94. The lowest BCUT2D eigenvalue weighted by Crippen LogP contribution is -2.08. The highest BCUT2D eigenvalue weighted by Crippen LogP contribution is 2.35. The van der Waals surface area contributed by atoms with Crippen LogP contribution in [-0.2, 0) is 0 Å². The molecule has 0 radical (unpaired) electrons. The average Bonchev–Trinajstić information content (AvgIpc) is 2.97. The lowest BCUT2D eigenvalue weighted by molar-refractivity contribution is 0.617. The fourth-order valence-corrected chi connectivity index (χ4v) is 2.85. The quantitative estimate of drug-likeness (QED) is 0.600. The predicted octanol–water partition coefficient (Wildman–Crippen LogP) is 4.30. The molecule has 4 rings (SSSR count). The van der Waals surface area contributed by atoms with Gasteiger partial charge in [-0.15, -0.1) is 0 Å². The largest absolute Gasteiger partial charge is 0.464 e. The molecule has 0 aliphatic carbocycles. The molecule has 4 heteroatoms. The van der Waals surface area contributed by atoms with Gasteiger partial charge in [0.2, 0.25) is 0 Å². The molecule has 0 bridgehead atoms. The smallest absolute Gasteiger partial charge is 0.134 e. The maximum Gasteiger partial charge on any atom is 0.134 e. The number of benzene rings is 2. The van der Waals surface area contributed by atoms with E-state index in [1.54, 1.807) is 6.26 Å². The molecule has 0 spiro atoms. The number of anilines is 2. The molecular weight excluding hydrogens is 286 g/mol. The number of fused-ring (bicyclic) bond motifs is 2. The lowest BCUT2D eigenvalue weighted by Gasteiger charge is -2.13. The van der Waals surface area contributed by atoms with Crippen molar-refractivity contribution in [2.24, 2.45) is 0 Å². The minimum absolute atomic E-state index is 0.514. The van der Waals surface area contributed by atoms with Crippen molar-refractivity contribution < 1.29 is 4.42 Å². The third-order valence-electron chi connectivity index (χ3n) is 4.12. The Morgan fingerprint density at radius 2 is 1.83 bits per heavy atom. The summed E-state index contributed by atoms with van der Waals surface area (Å²) in [5.74, 6) is 0.514. The summed E-state index contributed by atoms with van der Waals surface area (Å²) in [5.41, 5.74) is 11.0. The van der Waals surface area contributed by atoms with Crippen molar-refractivity contribution in [1.29, 1.82) is 0 Å². The van der Waals surface area contributed by atoms with Crippen molar-refractivity contribution in [3.05, 3.63) is 54.8 Å². The summed E-state index contributed by atoms with van der Waals surface area (Å²) >= 11 is 0. The second kappa shape index (κ2) is 5.02. The zero-order valence-electron chi connectivity index (χ0n) is 13.1. The maximum atomic E-state index is 6.23. The first-order valence-electron chi connectivity index (χ1n) is 7.48. The van der Waals surface area contributed by atoms with Gasteiger partial charge in [0, 0.05) is 41.7 Å². The Labute approximate surface area is 134 Å². The van der Waals surface area contributed by atoms with Crippen LogP contribution in [0.2, 0.25) is 0 Å². The molecule has 0 unspecified atom stereocenters. The number of para-hydroxylation sites is 1. The fraction of sp³-hybridized carbons (Fsp3) is 0.105. The monoisotopic (exact) mass is 303 g/mol. The third-order valence-corrected chi connectivity index (χ3v) is 4.12. The molecule has 114 valence electrons. The molecule has 2 aromatic heterocycles. The topological polar surface area (TPSA) is 55.3 Å². The van der Waals surface area contributed by atoms with Crippen LogP contribution >= 0.6 is 0 Å². The van der Waals surface area contributed by atoms with Gasteiger partial charge in [-0.2, -0.15) is 0 Å². The van der Waals surface area contributed by atoms with E-state index in [-0.39, 0.29) is 0 Å². The molecular formula is C19H17N3O. The van der Waals surface area contributed by atoms with Crippen LogP contribution in [0.1, 0.15) is 0 Å². The van der Waals surface area contributed by atoms with E-state index in [4.69, 9.17) is 10.2 Å². The van der Waals surface area contributed by atoms with Crippen LogP contribution in [0.15, 0.2) is 59.2 Å². The van der Waals surface area contributed by atoms with Gasteiger partial charge in [0.25, 0.3) is 0 Å². The standard InChI is InChI=1S/C19H17N3O/c1-22(2)13-8-7-12-9-15(19(20)21-17(12)10-13)16-11-23-18-6-4-3-5-14(16)18/h3-11H,1-2H3,(H2,20,21). The average molecular weight is 303 g/mol. The van der Waals surface area contributed by atoms with Crippen LogP contribution in [0.25, 0.3) is 33.0 Å². The van der Waals surface area contributed by atoms with Crippen molar-refractivity contribution in [2.45, 2.75) is 0 Å². The minimum Gasteiger partial charge on any atom is -0.464 e. The third kappa shape index (κ3) is 2.19. The van der Waals surface area contributed by atoms with E-state index in [1.807, 2.05) is 44.4 Å². The van der Waals surface area contributed by atoms with Gasteiger partial charge in [0.05, 0.1) is 11.8 Å². The number of hydrogen-bond donors (Lipinski definition) is 1. The number of nitrogens with two attached hydrogens (primary N) is 1. The maximum absolute atomic E-state index is 6.23. The number of pyridine rings is 1. The van der Waals surface area contributed by atoms with E-state index in [0.29, 0.717) is 5.82 Å². The van der Waals surface area contributed by atoms with E-state index < -0.39 is 0 Å². The summed E-state index contributed by atoms with van der Waals surface area (Å²) in [5, 5.41) is 2.11. The van der Waals surface area contributed by atoms with Crippen LogP contribution in [-0.4, -0.2) is 19.1 Å². The van der Waals surface area contributed by atoms with E-state index >= 15 is 0 Å². The Kier molecular flexibility index (Phi) is 2.98. The minimum atomic E-state index is 0.514. The van der Waals surface area contributed by atoms with Crippen molar-refractivity contribution in [1.82, 2.24) is 4.98 Å². The van der Waals surface area contributed by atoms with E-state index in [1.165, 1.54) is 0 Å². The van der Waals surface area contributed by atoms with Gasteiger partial charge in [-0.25, -0.2) is 4.98 Å². The number of rotatable bonds is 2. The Bertz CT molecular complexity index is 1020. The summed E-state index contributed by atoms with van der Waals surface area (Å²) in [7, 11) is 4.02. The second-order valence-electron chi connectivity index (χ2n) is 5.84. The van der Waals surface area contributed by atoms with E-state index in [9.17, 15) is 0 Å². The van der Waals surface area contributed by atoms with Crippen molar-refractivity contribution in [3.8, 4) is 11.1 Å². The van der Waals surface area contributed by atoms with Crippen molar-refractivity contribution in [3.63, 3.8) is 0 Å². The first kappa shape index (κ1) is 13.6. The van der Waals surface area contributed by atoms with Crippen LogP contribution < -0.4 is 10.6 Å². The fourth-order valence-electron chi connectivity index (χ4n) is 2.85. The molecule has 2 N–H and O–H groups in total. The highest BCUT2D eigenvalue weighted by molar-refractivity contribution is 5.99. The number of aromatic nitrogens is 1. The molecule has 4 aromatic rings. The second-order valence-corrected chi connectivity index (χ2v) is 5.84.